The molecule has 0 spiro atoms. The van der Waals surface area contributed by atoms with E-state index in [0.29, 0.717) is 13.0 Å². The number of hydroxylamine groups is 2. The predicted octanol–water partition coefficient (Wildman–Crippen LogP) is 5.90. The van der Waals surface area contributed by atoms with Gasteiger partial charge in [-0.3, -0.25) is 4.79 Å². The van der Waals surface area contributed by atoms with Crippen molar-refractivity contribution < 1.29 is 19.8 Å². The molecule has 1 radical (unpaired) electrons. The highest BCUT2D eigenvalue weighted by atomic mass is 16.6. The summed E-state index contributed by atoms with van der Waals surface area (Å²) >= 11 is 0. The third-order valence-corrected chi connectivity index (χ3v) is 6.63. The van der Waals surface area contributed by atoms with Crippen molar-refractivity contribution in [2.24, 2.45) is 0 Å². The normalized spacial score (nSPS) is 21.2. The summed E-state index contributed by atoms with van der Waals surface area (Å²) in [5.41, 5.74) is -1.76. The highest BCUT2D eigenvalue weighted by Crippen LogP contribution is 2.40. The number of aliphatic hydroxyl groups excluding tert-OH is 1. The van der Waals surface area contributed by atoms with Crippen molar-refractivity contribution in [2.45, 2.75) is 148 Å². The maximum Gasteiger partial charge on any atom is 0.220 e. The van der Waals surface area contributed by atoms with Crippen molar-refractivity contribution >= 4 is 5.91 Å². The van der Waals surface area contributed by atoms with Gasteiger partial charge in [0, 0.05) is 6.42 Å². The van der Waals surface area contributed by atoms with E-state index in [2.05, 4.69) is 12.2 Å². The molecule has 0 aromatic heterocycles. The molecule has 1 saturated heterocycles. The number of carbonyl (C=O) groups excluding carboxylic acids is 1. The second-order valence-corrected chi connectivity index (χ2v) is 11.1. The van der Waals surface area contributed by atoms with Crippen molar-refractivity contribution in [3.05, 3.63) is 0 Å². The van der Waals surface area contributed by atoms with E-state index in [4.69, 9.17) is 4.74 Å². The topological polar surface area (TPSA) is 81.7 Å². The average Bonchev–Trinajstić information content (AvgIpc) is 2.96. The van der Waals surface area contributed by atoms with E-state index in [9.17, 15) is 15.1 Å². The van der Waals surface area contributed by atoms with Crippen LogP contribution >= 0.6 is 0 Å². The lowest BCUT2D eigenvalue weighted by molar-refractivity contribution is -0.296. The Morgan fingerprint density at radius 1 is 0.938 bits per heavy atom. The summed E-state index contributed by atoms with van der Waals surface area (Å²) in [7, 11) is 0. The highest BCUT2D eigenvalue weighted by molar-refractivity contribution is 5.76. The molecule has 6 heteroatoms. The van der Waals surface area contributed by atoms with Crippen molar-refractivity contribution in [3.63, 3.8) is 0 Å². The summed E-state index contributed by atoms with van der Waals surface area (Å²) in [6, 6.07) is 0. The van der Waals surface area contributed by atoms with Gasteiger partial charge in [0.2, 0.25) is 5.91 Å². The van der Waals surface area contributed by atoms with Crippen LogP contribution in [-0.2, 0) is 14.7 Å². The Hall–Kier alpha value is -0.690. The second-order valence-electron chi connectivity index (χ2n) is 11.1. The van der Waals surface area contributed by atoms with Crippen LogP contribution in [0.4, 0.5) is 0 Å². The Morgan fingerprint density at radius 2 is 1.44 bits per heavy atom. The Bertz CT molecular complexity index is 524. The zero-order valence-corrected chi connectivity index (χ0v) is 21.6. The third-order valence-electron chi connectivity index (χ3n) is 6.63. The van der Waals surface area contributed by atoms with E-state index in [1.54, 1.807) is 0 Å². The molecular formula is C26H51N2O4. The van der Waals surface area contributed by atoms with E-state index < -0.39 is 16.8 Å². The fourth-order valence-electron chi connectivity index (χ4n) is 4.51. The molecular weight excluding hydrogens is 404 g/mol. The predicted molar refractivity (Wildman–Crippen MR) is 130 cm³/mol. The van der Waals surface area contributed by atoms with Crippen molar-refractivity contribution in [2.75, 3.05) is 13.2 Å². The van der Waals surface area contributed by atoms with Gasteiger partial charge >= 0.3 is 0 Å². The van der Waals surface area contributed by atoms with Crippen molar-refractivity contribution in [3.8, 4) is 0 Å². The molecule has 0 aliphatic carbocycles. The van der Waals surface area contributed by atoms with Gasteiger partial charge in [0.05, 0.1) is 24.3 Å². The van der Waals surface area contributed by atoms with Gasteiger partial charge < -0.3 is 15.2 Å². The first kappa shape index (κ1) is 29.3. The Kier molecular flexibility index (Phi) is 13.3. The van der Waals surface area contributed by atoms with Crippen LogP contribution in [-0.4, -0.2) is 46.1 Å². The number of ether oxygens (including phenoxy) is 1. The Balaban J connectivity index is 2.35. The molecule has 1 aliphatic rings. The second kappa shape index (κ2) is 14.5. The van der Waals surface area contributed by atoms with Gasteiger partial charge in [-0.2, -0.15) is 0 Å². The third kappa shape index (κ3) is 10.5. The van der Waals surface area contributed by atoms with Gasteiger partial charge in [0.1, 0.15) is 5.72 Å². The Morgan fingerprint density at radius 3 is 1.91 bits per heavy atom. The van der Waals surface area contributed by atoms with E-state index in [0.717, 1.165) is 44.9 Å². The zero-order chi connectivity index (χ0) is 24.1. The van der Waals surface area contributed by atoms with E-state index in [1.165, 1.54) is 50.0 Å². The SMILES string of the molecule is CCCCCCCCCCCC1(CCCCCC(=O)NC(C)(C)CO)OCC(C)(C)N1[O]. The molecule has 0 bridgehead atoms. The minimum Gasteiger partial charge on any atom is -0.394 e. The summed E-state index contributed by atoms with van der Waals surface area (Å²) in [4.78, 5) is 12.0. The number of amides is 1. The van der Waals surface area contributed by atoms with E-state index >= 15 is 0 Å². The summed E-state index contributed by atoms with van der Waals surface area (Å²) in [5.74, 6) is -0.0304. The molecule has 1 unspecified atom stereocenters. The van der Waals surface area contributed by atoms with Gasteiger partial charge in [-0.05, 0) is 59.8 Å². The van der Waals surface area contributed by atoms with Crippen LogP contribution in [0.15, 0.2) is 0 Å². The molecule has 1 aliphatic heterocycles. The number of rotatable bonds is 18. The summed E-state index contributed by atoms with van der Waals surface area (Å²) < 4.78 is 6.15. The van der Waals surface area contributed by atoms with Gasteiger partial charge in [-0.15, -0.1) is 10.3 Å². The molecule has 1 amide bonds. The molecule has 6 nitrogen and oxygen atoms in total. The molecule has 1 heterocycles. The van der Waals surface area contributed by atoms with Crippen LogP contribution in [0.5, 0.6) is 0 Å². The van der Waals surface area contributed by atoms with Gasteiger partial charge in [0.25, 0.3) is 0 Å². The standard InChI is InChI=1S/C26H51N2O4/c1-6-7-8-9-10-11-12-13-16-19-26(28(31)25(4,5)22-32-26)20-17-14-15-18-23(30)27-24(2,3)21-29/h29H,6-22H2,1-5H3,(H,27,30). The van der Waals surface area contributed by atoms with Crippen LogP contribution in [0.2, 0.25) is 0 Å². The maximum absolute atomic E-state index is 13.1. The molecule has 189 valence electrons. The molecule has 1 fully saturated rings. The first-order chi connectivity index (χ1) is 15.1. The minimum atomic E-state index is -0.703. The number of nitrogens with one attached hydrogen (secondary N) is 1. The smallest absolute Gasteiger partial charge is 0.220 e. The average molecular weight is 456 g/mol. The quantitative estimate of drug-likeness (QED) is 0.252. The van der Waals surface area contributed by atoms with E-state index in [1.807, 2.05) is 27.7 Å². The lowest BCUT2D eigenvalue weighted by atomic mass is 9.95. The van der Waals surface area contributed by atoms with Gasteiger partial charge in [-0.25, -0.2) is 0 Å². The molecule has 32 heavy (non-hydrogen) atoms. The summed E-state index contributed by atoms with van der Waals surface area (Å²) in [5, 5.41) is 26.4. The van der Waals surface area contributed by atoms with Crippen LogP contribution < -0.4 is 5.32 Å². The van der Waals surface area contributed by atoms with Crippen molar-refractivity contribution in [1.82, 2.24) is 10.4 Å². The van der Waals surface area contributed by atoms with Crippen LogP contribution in [0, 0.1) is 0 Å². The maximum atomic E-state index is 13.1. The number of aliphatic hydroxyl groups is 1. The highest BCUT2D eigenvalue weighted by Gasteiger charge is 2.51. The number of hydrogen-bond acceptors (Lipinski definition) is 4. The van der Waals surface area contributed by atoms with Gasteiger partial charge in [-0.1, -0.05) is 64.7 Å². The van der Waals surface area contributed by atoms with Crippen LogP contribution in [0.25, 0.3) is 0 Å². The molecule has 2 N–H and O–H groups in total. The van der Waals surface area contributed by atoms with Crippen molar-refractivity contribution in [1.29, 1.82) is 0 Å². The largest absolute Gasteiger partial charge is 0.394 e. The molecule has 1 atom stereocenters. The molecule has 0 saturated carbocycles. The lowest BCUT2D eigenvalue weighted by Crippen LogP contribution is -2.49. The number of hydrogen-bond donors (Lipinski definition) is 2. The van der Waals surface area contributed by atoms with Crippen LogP contribution in [0.1, 0.15) is 131 Å². The number of carbonyl (C=O) groups is 1. The fraction of sp³-hybridized carbons (Fsp3) is 0.962. The van der Waals surface area contributed by atoms with Crippen LogP contribution in [0.3, 0.4) is 0 Å². The lowest BCUT2D eigenvalue weighted by Gasteiger charge is -2.35. The monoisotopic (exact) mass is 455 g/mol. The zero-order valence-electron chi connectivity index (χ0n) is 21.6. The first-order valence-electron chi connectivity index (χ1n) is 13.1. The number of nitrogens with zero attached hydrogens (tertiary/aromatic N) is 1. The number of unbranched alkanes of at least 4 members (excludes halogenated alkanes) is 10. The Labute approximate surface area is 197 Å². The minimum absolute atomic E-state index is 0.0304. The first-order valence-corrected chi connectivity index (χ1v) is 13.1. The molecule has 0 aromatic rings. The summed E-state index contributed by atoms with van der Waals surface area (Å²) in [6.07, 6.45) is 15.9. The summed E-state index contributed by atoms with van der Waals surface area (Å²) in [6.45, 7) is 10.2. The molecule has 1 rings (SSSR count). The molecule has 0 aromatic carbocycles. The fourth-order valence-corrected chi connectivity index (χ4v) is 4.51. The van der Waals surface area contributed by atoms with E-state index in [-0.39, 0.29) is 12.5 Å². The van der Waals surface area contributed by atoms with Gasteiger partial charge in [0.15, 0.2) is 0 Å².